The van der Waals surface area contributed by atoms with Crippen LogP contribution in [0.25, 0.3) is 10.8 Å². The second-order valence-electron chi connectivity index (χ2n) is 3.20. The Morgan fingerprint density at radius 2 is 1.50 bits per heavy atom. The number of hydrogen-bond acceptors (Lipinski definition) is 4. The maximum absolute atomic E-state index is 10.6. The van der Waals surface area contributed by atoms with Crippen LogP contribution in [-0.4, -0.2) is 22.4 Å². The van der Waals surface area contributed by atoms with E-state index in [0.29, 0.717) is 5.39 Å². The number of nitro groups is 1. The molecule has 7 nitrogen and oxygen atoms in total. The van der Waals surface area contributed by atoms with Gasteiger partial charge in [0.25, 0.3) is 5.69 Å². The normalized spacial score (nSPS) is 10.6. The van der Waals surface area contributed by atoms with Crippen LogP contribution in [0.15, 0.2) is 42.5 Å². The zero-order valence-electron chi connectivity index (χ0n) is 8.92. The van der Waals surface area contributed by atoms with E-state index in [1.165, 1.54) is 6.07 Å². The third-order valence-corrected chi connectivity index (χ3v) is 1.96. The van der Waals surface area contributed by atoms with Crippen molar-refractivity contribution >= 4 is 26.9 Å². The van der Waals surface area contributed by atoms with Gasteiger partial charge in [-0.25, -0.2) is 0 Å². The van der Waals surface area contributed by atoms with Gasteiger partial charge in [-0.2, -0.15) is 8.42 Å². The van der Waals surface area contributed by atoms with Gasteiger partial charge >= 0.3 is 10.4 Å². The van der Waals surface area contributed by atoms with Gasteiger partial charge in [-0.1, -0.05) is 30.3 Å². The highest BCUT2D eigenvalue weighted by atomic mass is 32.3. The first-order valence-corrected chi connectivity index (χ1v) is 6.01. The molecule has 8 heteroatoms. The Morgan fingerprint density at radius 3 is 2.06 bits per heavy atom. The van der Waals surface area contributed by atoms with Crippen molar-refractivity contribution in [2.75, 3.05) is 0 Å². The average Bonchev–Trinajstić information content (AvgIpc) is 2.26. The summed E-state index contributed by atoms with van der Waals surface area (Å²) in [4.78, 5) is 10.3. The zero-order valence-corrected chi connectivity index (χ0v) is 9.74. The number of nitrogens with zero attached hydrogens (tertiary/aromatic N) is 1. The Kier molecular flexibility index (Phi) is 4.32. The maximum atomic E-state index is 10.6. The molecule has 0 aliphatic carbocycles. The summed E-state index contributed by atoms with van der Waals surface area (Å²) in [6, 6.07) is 12.4. The molecule has 0 heterocycles. The Labute approximate surface area is 102 Å². The molecule has 0 fully saturated rings. The SMILES string of the molecule is O=S(=O)(O)O.O=[N+]([O-])c1cccc2ccccc12. The number of fused-ring (bicyclic) bond motifs is 1. The van der Waals surface area contributed by atoms with E-state index < -0.39 is 10.4 Å². The molecule has 2 N–H and O–H groups in total. The molecule has 0 aliphatic heterocycles. The summed E-state index contributed by atoms with van der Waals surface area (Å²) in [5, 5.41) is 12.2. The standard InChI is InChI=1S/C10H7NO2.H2O4S/c12-11(13)10-7-3-5-8-4-1-2-6-9(8)10;1-5(2,3)4/h1-7H;(H2,1,2,3,4). The van der Waals surface area contributed by atoms with Crippen LogP contribution < -0.4 is 0 Å². The lowest BCUT2D eigenvalue weighted by Gasteiger charge is -1.97. The molecule has 0 unspecified atom stereocenters. The van der Waals surface area contributed by atoms with Gasteiger partial charge in [0.15, 0.2) is 0 Å². The number of benzene rings is 2. The molecule has 0 aromatic heterocycles. The van der Waals surface area contributed by atoms with Crippen molar-refractivity contribution in [1.82, 2.24) is 0 Å². The minimum Gasteiger partial charge on any atom is -0.264 e. The van der Waals surface area contributed by atoms with Crippen molar-refractivity contribution in [3.63, 3.8) is 0 Å². The van der Waals surface area contributed by atoms with Gasteiger partial charge in [0.2, 0.25) is 0 Å². The van der Waals surface area contributed by atoms with Crippen LogP contribution in [0.4, 0.5) is 5.69 Å². The molecule has 0 aliphatic rings. The molecule has 2 rings (SSSR count). The van der Waals surface area contributed by atoms with Gasteiger partial charge in [0, 0.05) is 6.07 Å². The minimum atomic E-state index is -4.67. The van der Waals surface area contributed by atoms with E-state index in [1.807, 2.05) is 18.2 Å². The van der Waals surface area contributed by atoms with E-state index in [2.05, 4.69) is 0 Å². The van der Waals surface area contributed by atoms with Crippen molar-refractivity contribution in [3.05, 3.63) is 52.6 Å². The second kappa shape index (κ2) is 5.54. The summed E-state index contributed by atoms with van der Waals surface area (Å²) in [7, 11) is -4.67. The number of non-ortho nitro benzene ring substituents is 1. The van der Waals surface area contributed by atoms with Gasteiger partial charge in [-0.05, 0) is 11.5 Å². The van der Waals surface area contributed by atoms with Crippen molar-refractivity contribution in [1.29, 1.82) is 0 Å². The zero-order chi connectivity index (χ0) is 13.8. The summed E-state index contributed by atoms with van der Waals surface area (Å²) in [5.41, 5.74) is 0.165. The lowest BCUT2D eigenvalue weighted by atomic mass is 10.1. The van der Waals surface area contributed by atoms with E-state index in [4.69, 9.17) is 17.5 Å². The van der Waals surface area contributed by atoms with Crippen LogP contribution in [0.3, 0.4) is 0 Å². The van der Waals surface area contributed by atoms with Crippen LogP contribution in [0.1, 0.15) is 0 Å². The third kappa shape index (κ3) is 4.45. The van der Waals surface area contributed by atoms with E-state index in [-0.39, 0.29) is 10.6 Å². The highest BCUT2D eigenvalue weighted by molar-refractivity contribution is 7.79. The molecular formula is C10H9NO6S. The smallest absolute Gasteiger partial charge is 0.264 e. The van der Waals surface area contributed by atoms with Gasteiger partial charge < -0.3 is 0 Å². The Hall–Kier alpha value is -2.03. The molecule has 0 atom stereocenters. The van der Waals surface area contributed by atoms with Crippen LogP contribution in [0, 0.1) is 10.1 Å². The van der Waals surface area contributed by atoms with Crippen LogP contribution in [0.5, 0.6) is 0 Å². The Bertz CT molecular complexity index is 654. The van der Waals surface area contributed by atoms with Crippen LogP contribution in [-0.2, 0) is 10.4 Å². The molecule has 96 valence electrons. The van der Waals surface area contributed by atoms with Gasteiger partial charge in [-0.15, -0.1) is 0 Å². The summed E-state index contributed by atoms with van der Waals surface area (Å²) in [6.07, 6.45) is 0. The number of hydrogen-bond donors (Lipinski definition) is 2. The highest BCUT2D eigenvalue weighted by Crippen LogP contribution is 2.24. The molecule has 0 amide bonds. The third-order valence-electron chi connectivity index (χ3n) is 1.96. The average molecular weight is 271 g/mol. The summed E-state index contributed by atoms with van der Waals surface area (Å²) in [6.45, 7) is 0. The molecule has 0 radical (unpaired) electrons. The second-order valence-corrected chi connectivity index (χ2v) is 4.10. The maximum Gasteiger partial charge on any atom is 0.394 e. The fourth-order valence-electron chi connectivity index (χ4n) is 1.37. The largest absolute Gasteiger partial charge is 0.394 e. The van der Waals surface area contributed by atoms with E-state index in [9.17, 15) is 10.1 Å². The van der Waals surface area contributed by atoms with E-state index in [1.54, 1.807) is 18.2 Å². The van der Waals surface area contributed by atoms with Gasteiger partial charge in [0.1, 0.15) is 0 Å². The lowest BCUT2D eigenvalue weighted by molar-refractivity contribution is -0.383. The Morgan fingerprint density at radius 1 is 1.00 bits per heavy atom. The van der Waals surface area contributed by atoms with Crippen molar-refractivity contribution in [2.24, 2.45) is 0 Å². The summed E-state index contributed by atoms with van der Waals surface area (Å²) in [5.74, 6) is 0. The fourth-order valence-corrected chi connectivity index (χ4v) is 1.37. The molecule has 18 heavy (non-hydrogen) atoms. The minimum absolute atomic E-state index is 0.165. The quantitative estimate of drug-likeness (QED) is 0.466. The first-order valence-electron chi connectivity index (χ1n) is 4.61. The monoisotopic (exact) mass is 271 g/mol. The number of rotatable bonds is 1. The highest BCUT2D eigenvalue weighted by Gasteiger charge is 2.08. The number of nitro benzene ring substituents is 1. The van der Waals surface area contributed by atoms with Crippen LogP contribution in [0.2, 0.25) is 0 Å². The first-order chi connectivity index (χ1) is 8.29. The molecule has 2 aromatic carbocycles. The van der Waals surface area contributed by atoms with Crippen molar-refractivity contribution in [3.8, 4) is 0 Å². The fraction of sp³-hybridized carbons (Fsp3) is 0. The summed E-state index contributed by atoms with van der Waals surface area (Å²) >= 11 is 0. The molecule has 2 aromatic rings. The molecule has 0 saturated heterocycles. The van der Waals surface area contributed by atoms with Gasteiger partial charge in [-0.3, -0.25) is 19.2 Å². The molecule has 0 saturated carbocycles. The topological polar surface area (TPSA) is 118 Å². The van der Waals surface area contributed by atoms with E-state index in [0.717, 1.165) is 5.39 Å². The van der Waals surface area contributed by atoms with E-state index >= 15 is 0 Å². The predicted octanol–water partition coefficient (Wildman–Crippen LogP) is 2.10. The first kappa shape index (κ1) is 14.0. The van der Waals surface area contributed by atoms with Crippen molar-refractivity contribution in [2.45, 2.75) is 0 Å². The van der Waals surface area contributed by atoms with Crippen LogP contribution >= 0.6 is 0 Å². The predicted molar refractivity (Wildman–Crippen MR) is 64.8 cm³/mol. The van der Waals surface area contributed by atoms with Crippen molar-refractivity contribution < 1.29 is 22.4 Å². The molecule has 0 spiro atoms. The summed E-state index contributed by atoms with van der Waals surface area (Å²) < 4.78 is 31.6. The molecule has 0 bridgehead atoms. The molecular weight excluding hydrogens is 262 g/mol. The van der Waals surface area contributed by atoms with Gasteiger partial charge in [0.05, 0.1) is 10.3 Å². The Balaban J connectivity index is 0.000000280. The lowest BCUT2D eigenvalue weighted by Crippen LogP contribution is -1.89.